The maximum absolute atomic E-state index is 11.7. The third kappa shape index (κ3) is 8.40. The van der Waals surface area contributed by atoms with Crippen LogP contribution >= 0.6 is 0 Å². The molecule has 0 aromatic heterocycles. The molecule has 2 rings (SSSR count). The topological polar surface area (TPSA) is 72.8 Å². The first-order chi connectivity index (χ1) is 13.1. The minimum Gasteiger partial charge on any atom is -0.494 e. The van der Waals surface area contributed by atoms with Crippen molar-refractivity contribution in [2.24, 2.45) is 0 Å². The smallest absolute Gasteiger partial charge is 0.335 e. The molecule has 0 fully saturated rings. The molecule has 5 nitrogen and oxygen atoms in total. The molecule has 0 spiro atoms. The van der Waals surface area contributed by atoms with Crippen LogP contribution in [0.5, 0.6) is 11.5 Å². The van der Waals surface area contributed by atoms with Crippen molar-refractivity contribution in [2.75, 3.05) is 6.61 Å². The average molecular weight is 370 g/mol. The summed E-state index contributed by atoms with van der Waals surface area (Å²) in [4.78, 5) is 22.5. The van der Waals surface area contributed by atoms with E-state index in [0.29, 0.717) is 24.5 Å². The summed E-state index contributed by atoms with van der Waals surface area (Å²) >= 11 is 0. The van der Waals surface area contributed by atoms with E-state index in [4.69, 9.17) is 14.6 Å². The van der Waals surface area contributed by atoms with Crippen molar-refractivity contribution in [1.82, 2.24) is 0 Å². The van der Waals surface area contributed by atoms with Gasteiger partial charge in [0.2, 0.25) is 0 Å². The van der Waals surface area contributed by atoms with E-state index in [-0.39, 0.29) is 11.5 Å². The van der Waals surface area contributed by atoms with Gasteiger partial charge in [-0.15, -0.1) is 0 Å². The molecule has 0 heterocycles. The van der Waals surface area contributed by atoms with Crippen LogP contribution in [0.2, 0.25) is 0 Å². The van der Waals surface area contributed by atoms with Crippen molar-refractivity contribution in [3.63, 3.8) is 0 Å². The number of ether oxygens (including phenoxy) is 2. The van der Waals surface area contributed by atoms with Crippen molar-refractivity contribution in [1.29, 1.82) is 0 Å². The molecule has 0 unspecified atom stereocenters. The average Bonchev–Trinajstić information content (AvgIpc) is 2.68. The van der Waals surface area contributed by atoms with E-state index in [1.807, 2.05) is 18.2 Å². The Morgan fingerprint density at radius 2 is 1.37 bits per heavy atom. The van der Waals surface area contributed by atoms with Crippen molar-refractivity contribution in [3.05, 3.63) is 60.2 Å². The number of rotatable bonds is 12. The lowest BCUT2D eigenvalue weighted by molar-refractivity contribution is -0.134. The SMILES string of the molecule is O=C(CCCCCCCCOc1ccc(C(=O)O)cc1)Oc1ccccc1. The number of carboxylic acid groups (broad SMARTS) is 1. The highest BCUT2D eigenvalue weighted by atomic mass is 16.5. The number of carboxylic acids is 1. The summed E-state index contributed by atoms with van der Waals surface area (Å²) in [7, 11) is 0. The molecule has 0 amide bonds. The Kier molecular flexibility index (Phi) is 8.90. The predicted octanol–water partition coefficient (Wildman–Crippen LogP) is 5.10. The van der Waals surface area contributed by atoms with Gasteiger partial charge in [0.15, 0.2) is 0 Å². The summed E-state index contributed by atoms with van der Waals surface area (Å²) in [6.45, 7) is 0.621. The molecule has 27 heavy (non-hydrogen) atoms. The van der Waals surface area contributed by atoms with Gasteiger partial charge < -0.3 is 14.6 Å². The lowest BCUT2D eigenvalue weighted by atomic mass is 10.1. The maximum atomic E-state index is 11.7. The summed E-state index contributed by atoms with van der Waals surface area (Å²) in [6.07, 6.45) is 6.53. The van der Waals surface area contributed by atoms with Crippen molar-refractivity contribution >= 4 is 11.9 Å². The van der Waals surface area contributed by atoms with E-state index in [1.54, 1.807) is 36.4 Å². The number of carbonyl (C=O) groups excluding carboxylic acids is 1. The van der Waals surface area contributed by atoms with Gasteiger partial charge in [-0.2, -0.15) is 0 Å². The molecule has 0 aliphatic carbocycles. The summed E-state index contributed by atoms with van der Waals surface area (Å²) in [5.41, 5.74) is 0.259. The van der Waals surface area contributed by atoms with E-state index in [2.05, 4.69) is 0 Å². The second kappa shape index (κ2) is 11.7. The van der Waals surface area contributed by atoms with Gasteiger partial charge >= 0.3 is 11.9 Å². The van der Waals surface area contributed by atoms with Gasteiger partial charge in [0.25, 0.3) is 0 Å². The molecule has 0 saturated heterocycles. The van der Waals surface area contributed by atoms with Gasteiger partial charge in [0, 0.05) is 6.42 Å². The van der Waals surface area contributed by atoms with Crippen LogP contribution < -0.4 is 9.47 Å². The van der Waals surface area contributed by atoms with Crippen LogP contribution in [0, 0.1) is 0 Å². The number of hydrogen-bond acceptors (Lipinski definition) is 4. The van der Waals surface area contributed by atoms with E-state index in [1.165, 1.54) is 0 Å². The zero-order valence-electron chi connectivity index (χ0n) is 15.4. The fourth-order valence-corrected chi connectivity index (χ4v) is 2.63. The van der Waals surface area contributed by atoms with Crippen LogP contribution in [0.4, 0.5) is 0 Å². The largest absolute Gasteiger partial charge is 0.494 e. The summed E-state index contributed by atoms with van der Waals surface area (Å²) < 4.78 is 10.9. The Hall–Kier alpha value is -2.82. The first-order valence-corrected chi connectivity index (χ1v) is 9.37. The van der Waals surface area contributed by atoms with Crippen LogP contribution in [-0.4, -0.2) is 23.7 Å². The van der Waals surface area contributed by atoms with E-state index >= 15 is 0 Å². The normalized spacial score (nSPS) is 10.4. The number of para-hydroxylation sites is 1. The van der Waals surface area contributed by atoms with Gasteiger partial charge in [-0.1, -0.05) is 43.9 Å². The molecule has 2 aromatic carbocycles. The van der Waals surface area contributed by atoms with Gasteiger partial charge in [-0.25, -0.2) is 4.79 Å². The van der Waals surface area contributed by atoms with Gasteiger partial charge in [0.1, 0.15) is 11.5 Å². The molecule has 0 atom stereocenters. The highest BCUT2D eigenvalue weighted by molar-refractivity contribution is 5.87. The lowest BCUT2D eigenvalue weighted by Gasteiger charge is -2.06. The molecule has 1 N–H and O–H groups in total. The van der Waals surface area contributed by atoms with E-state index < -0.39 is 5.97 Å². The van der Waals surface area contributed by atoms with Crippen LogP contribution in [0.25, 0.3) is 0 Å². The predicted molar refractivity (Wildman–Crippen MR) is 103 cm³/mol. The van der Waals surface area contributed by atoms with Crippen LogP contribution in [-0.2, 0) is 4.79 Å². The minimum absolute atomic E-state index is 0.177. The zero-order chi connectivity index (χ0) is 19.3. The number of hydrogen-bond donors (Lipinski definition) is 1. The van der Waals surface area contributed by atoms with Crippen LogP contribution in [0.1, 0.15) is 55.3 Å². The Morgan fingerprint density at radius 1 is 0.741 bits per heavy atom. The van der Waals surface area contributed by atoms with E-state index in [9.17, 15) is 9.59 Å². The summed E-state index contributed by atoms with van der Waals surface area (Å²) in [5, 5.41) is 8.84. The Balaban J connectivity index is 1.44. The van der Waals surface area contributed by atoms with Gasteiger partial charge in [0.05, 0.1) is 12.2 Å². The molecule has 2 aromatic rings. The number of unbranched alkanes of at least 4 members (excludes halogenated alkanes) is 5. The maximum Gasteiger partial charge on any atom is 0.335 e. The molecular formula is C22H26O5. The fraction of sp³-hybridized carbons (Fsp3) is 0.364. The molecule has 0 bridgehead atoms. The second-order valence-corrected chi connectivity index (χ2v) is 6.34. The lowest BCUT2D eigenvalue weighted by Crippen LogP contribution is -2.07. The number of benzene rings is 2. The molecule has 0 aliphatic rings. The quantitative estimate of drug-likeness (QED) is 0.320. The molecule has 0 aliphatic heterocycles. The fourth-order valence-electron chi connectivity index (χ4n) is 2.63. The molecule has 5 heteroatoms. The van der Waals surface area contributed by atoms with Crippen molar-refractivity contribution in [2.45, 2.75) is 44.9 Å². The van der Waals surface area contributed by atoms with Crippen molar-refractivity contribution < 1.29 is 24.2 Å². The first kappa shape index (κ1) is 20.5. The highest BCUT2D eigenvalue weighted by Crippen LogP contribution is 2.14. The molecular weight excluding hydrogens is 344 g/mol. The molecule has 0 radical (unpaired) electrons. The highest BCUT2D eigenvalue weighted by Gasteiger charge is 2.04. The Labute approximate surface area is 159 Å². The third-order valence-corrected chi connectivity index (χ3v) is 4.12. The number of aromatic carboxylic acids is 1. The standard InChI is InChI=1S/C22H26O5/c23-21(27-20-10-6-5-7-11-20)12-8-3-1-2-4-9-17-26-19-15-13-18(14-16-19)22(24)25/h5-7,10-11,13-16H,1-4,8-9,12,17H2,(H,24,25). The zero-order valence-corrected chi connectivity index (χ0v) is 15.4. The summed E-state index contributed by atoms with van der Waals surface area (Å²) in [5.74, 6) is 0.176. The molecule has 144 valence electrons. The second-order valence-electron chi connectivity index (χ2n) is 6.34. The Bertz CT molecular complexity index is 694. The number of carbonyl (C=O) groups is 2. The third-order valence-electron chi connectivity index (χ3n) is 4.12. The van der Waals surface area contributed by atoms with Crippen molar-refractivity contribution in [3.8, 4) is 11.5 Å². The monoisotopic (exact) mass is 370 g/mol. The molecule has 0 saturated carbocycles. The van der Waals surface area contributed by atoms with E-state index in [0.717, 1.165) is 38.5 Å². The first-order valence-electron chi connectivity index (χ1n) is 9.37. The van der Waals surface area contributed by atoms with Crippen LogP contribution in [0.3, 0.4) is 0 Å². The van der Waals surface area contributed by atoms with Gasteiger partial charge in [-0.3, -0.25) is 4.79 Å². The minimum atomic E-state index is -0.935. The Morgan fingerprint density at radius 3 is 2.04 bits per heavy atom. The van der Waals surface area contributed by atoms with Gasteiger partial charge in [-0.05, 0) is 49.2 Å². The number of esters is 1. The van der Waals surface area contributed by atoms with Crippen LogP contribution in [0.15, 0.2) is 54.6 Å². The summed E-state index contributed by atoms with van der Waals surface area (Å²) in [6, 6.07) is 15.6.